The molecule has 0 saturated heterocycles. The number of carboxylic acids is 1. The first-order valence-corrected chi connectivity index (χ1v) is 9.73. The second kappa shape index (κ2) is 13.9. The Bertz CT molecular complexity index is 557. The Kier molecular flexibility index (Phi) is 12.8. The molecule has 0 aliphatic carbocycles. The monoisotopic (exact) mass is 417 g/mol. The van der Waals surface area contributed by atoms with Crippen molar-refractivity contribution in [2.24, 2.45) is 17.4 Å². The maximum absolute atomic E-state index is 12.2. The maximum atomic E-state index is 12.2. The molecule has 0 aliphatic heterocycles. The number of hydrogen-bond donors (Lipinski definition) is 7. The summed E-state index contributed by atoms with van der Waals surface area (Å²) < 4.78 is 0. The van der Waals surface area contributed by atoms with Gasteiger partial charge in [0.25, 0.3) is 0 Å². The summed E-state index contributed by atoms with van der Waals surface area (Å²) in [6.07, 6.45) is 2.03. The molecule has 168 valence electrons. The van der Waals surface area contributed by atoms with Gasteiger partial charge in [0.15, 0.2) is 0 Å². The van der Waals surface area contributed by atoms with Crippen LogP contribution in [0.5, 0.6) is 0 Å². The number of carbonyl (C=O) groups is 4. The zero-order valence-electron chi connectivity index (χ0n) is 17.3. The highest BCUT2D eigenvalue weighted by atomic mass is 16.4. The number of carbonyl (C=O) groups excluding carboxylic acids is 3. The predicted octanol–water partition coefficient (Wildman–Crippen LogP) is -1.96. The summed E-state index contributed by atoms with van der Waals surface area (Å²) in [5.74, 6) is -3.25. The summed E-state index contributed by atoms with van der Waals surface area (Å²) in [6.45, 7) is 4.78. The van der Waals surface area contributed by atoms with Gasteiger partial charge in [0.2, 0.25) is 17.7 Å². The fraction of sp³-hybridized carbons (Fsp3) is 0.778. The minimum Gasteiger partial charge on any atom is -0.480 e. The number of nitrogens with two attached hydrogens (primary N) is 2. The van der Waals surface area contributed by atoms with Crippen molar-refractivity contribution in [1.82, 2.24) is 16.0 Å². The second-order valence-corrected chi connectivity index (χ2v) is 7.39. The summed E-state index contributed by atoms with van der Waals surface area (Å²) in [6, 6.07) is -4.29. The molecule has 0 aliphatic rings. The number of nitrogens with one attached hydrogen (secondary N) is 3. The van der Waals surface area contributed by atoms with Gasteiger partial charge in [0, 0.05) is 0 Å². The van der Waals surface area contributed by atoms with E-state index in [1.54, 1.807) is 13.8 Å². The average Bonchev–Trinajstić information content (AvgIpc) is 2.64. The number of unbranched alkanes of at least 4 members (excludes halogenated alkanes) is 1. The van der Waals surface area contributed by atoms with E-state index in [0.29, 0.717) is 19.4 Å². The Morgan fingerprint density at radius 3 is 1.97 bits per heavy atom. The molecule has 0 aromatic heterocycles. The summed E-state index contributed by atoms with van der Waals surface area (Å²) in [4.78, 5) is 47.8. The molecule has 0 aromatic rings. The van der Waals surface area contributed by atoms with Gasteiger partial charge in [-0.25, -0.2) is 4.79 Å². The van der Waals surface area contributed by atoms with Crippen LogP contribution in [0.3, 0.4) is 0 Å². The van der Waals surface area contributed by atoms with Crippen LogP contribution in [0.15, 0.2) is 0 Å². The summed E-state index contributed by atoms with van der Waals surface area (Å²) in [5, 5.41) is 25.6. The third kappa shape index (κ3) is 10.8. The molecular formula is C18H35N5O6. The van der Waals surface area contributed by atoms with Crippen molar-refractivity contribution in [3.63, 3.8) is 0 Å². The number of carboxylic acid groups (broad SMARTS) is 1. The van der Waals surface area contributed by atoms with E-state index in [9.17, 15) is 29.4 Å². The summed E-state index contributed by atoms with van der Waals surface area (Å²) in [5.41, 5.74) is 11.1. The van der Waals surface area contributed by atoms with Gasteiger partial charge in [-0.15, -0.1) is 0 Å². The Labute approximate surface area is 171 Å². The largest absolute Gasteiger partial charge is 0.480 e. The number of hydrogen-bond acceptors (Lipinski definition) is 7. The number of aliphatic carboxylic acids is 1. The third-order valence-corrected chi connectivity index (χ3v) is 4.20. The highest BCUT2D eigenvalue weighted by Crippen LogP contribution is 2.05. The SMILES string of the molecule is CC(C)CC(NC(=O)C(CO)NC(=O)C(C)NC(=O)C(N)CCCCN)C(=O)O. The fourth-order valence-electron chi connectivity index (χ4n) is 2.48. The molecule has 3 amide bonds. The molecule has 0 spiro atoms. The minimum absolute atomic E-state index is 0.0165. The van der Waals surface area contributed by atoms with Crippen molar-refractivity contribution < 1.29 is 29.4 Å². The van der Waals surface area contributed by atoms with Gasteiger partial charge in [-0.3, -0.25) is 14.4 Å². The van der Waals surface area contributed by atoms with Crippen LogP contribution in [0.4, 0.5) is 0 Å². The van der Waals surface area contributed by atoms with Gasteiger partial charge < -0.3 is 37.6 Å². The molecule has 0 radical (unpaired) electrons. The van der Waals surface area contributed by atoms with Crippen LogP contribution in [0.2, 0.25) is 0 Å². The molecule has 4 unspecified atom stereocenters. The lowest BCUT2D eigenvalue weighted by Gasteiger charge is -2.23. The Hall–Kier alpha value is -2.24. The lowest BCUT2D eigenvalue weighted by atomic mass is 10.0. The first kappa shape index (κ1) is 26.8. The van der Waals surface area contributed by atoms with E-state index in [-0.39, 0.29) is 12.3 Å². The molecule has 11 nitrogen and oxygen atoms in total. The fourth-order valence-corrected chi connectivity index (χ4v) is 2.48. The first-order chi connectivity index (χ1) is 13.5. The molecule has 11 heteroatoms. The Morgan fingerprint density at radius 1 is 0.897 bits per heavy atom. The van der Waals surface area contributed by atoms with E-state index in [4.69, 9.17) is 11.5 Å². The Balaban J connectivity index is 4.73. The molecule has 0 fully saturated rings. The van der Waals surface area contributed by atoms with Crippen LogP contribution in [0.1, 0.15) is 46.5 Å². The van der Waals surface area contributed by atoms with Crippen LogP contribution in [-0.2, 0) is 19.2 Å². The van der Waals surface area contributed by atoms with Gasteiger partial charge in [-0.2, -0.15) is 0 Å². The van der Waals surface area contributed by atoms with Gasteiger partial charge in [0.1, 0.15) is 18.1 Å². The van der Waals surface area contributed by atoms with E-state index in [1.807, 2.05) is 0 Å². The molecule has 0 rings (SSSR count). The van der Waals surface area contributed by atoms with Crippen molar-refractivity contribution >= 4 is 23.7 Å². The summed E-state index contributed by atoms with van der Waals surface area (Å²) in [7, 11) is 0. The van der Waals surface area contributed by atoms with E-state index in [0.717, 1.165) is 6.42 Å². The van der Waals surface area contributed by atoms with Crippen LogP contribution < -0.4 is 27.4 Å². The van der Waals surface area contributed by atoms with Crippen LogP contribution >= 0.6 is 0 Å². The van der Waals surface area contributed by atoms with Gasteiger partial charge in [0.05, 0.1) is 12.6 Å². The Morgan fingerprint density at radius 2 is 1.48 bits per heavy atom. The van der Waals surface area contributed by atoms with E-state index < -0.39 is 54.5 Å². The molecule has 29 heavy (non-hydrogen) atoms. The summed E-state index contributed by atoms with van der Waals surface area (Å²) >= 11 is 0. The zero-order chi connectivity index (χ0) is 22.6. The molecule has 0 saturated carbocycles. The standard InChI is InChI=1S/C18H35N5O6/c1-10(2)8-13(18(28)29)22-17(27)14(9-24)23-15(25)11(3)21-16(26)12(20)6-4-5-7-19/h10-14,24H,4-9,19-20H2,1-3H3,(H,21,26)(H,22,27)(H,23,25)(H,28,29). The molecule has 9 N–H and O–H groups in total. The molecule has 0 heterocycles. The second-order valence-electron chi connectivity index (χ2n) is 7.39. The van der Waals surface area contributed by atoms with E-state index in [1.165, 1.54) is 6.92 Å². The van der Waals surface area contributed by atoms with Gasteiger partial charge in [-0.1, -0.05) is 20.3 Å². The van der Waals surface area contributed by atoms with Crippen molar-refractivity contribution in [3.05, 3.63) is 0 Å². The number of rotatable bonds is 14. The molecular weight excluding hydrogens is 382 g/mol. The van der Waals surface area contributed by atoms with Crippen LogP contribution in [0, 0.1) is 5.92 Å². The maximum Gasteiger partial charge on any atom is 0.326 e. The van der Waals surface area contributed by atoms with E-state index >= 15 is 0 Å². The molecule has 4 atom stereocenters. The van der Waals surface area contributed by atoms with Crippen molar-refractivity contribution in [3.8, 4) is 0 Å². The number of amides is 3. The topological polar surface area (TPSA) is 197 Å². The van der Waals surface area contributed by atoms with Gasteiger partial charge in [-0.05, 0) is 38.6 Å². The zero-order valence-corrected chi connectivity index (χ0v) is 17.3. The van der Waals surface area contributed by atoms with E-state index in [2.05, 4.69) is 16.0 Å². The number of aliphatic hydroxyl groups is 1. The van der Waals surface area contributed by atoms with Gasteiger partial charge >= 0.3 is 5.97 Å². The van der Waals surface area contributed by atoms with Crippen molar-refractivity contribution in [2.75, 3.05) is 13.2 Å². The predicted molar refractivity (Wildman–Crippen MR) is 107 cm³/mol. The quantitative estimate of drug-likeness (QED) is 0.158. The normalized spacial score (nSPS) is 15.1. The van der Waals surface area contributed by atoms with Crippen molar-refractivity contribution in [2.45, 2.75) is 70.6 Å². The molecule has 0 aromatic carbocycles. The lowest BCUT2D eigenvalue weighted by Crippen LogP contribution is -2.57. The third-order valence-electron chi connectivity index (χ3n) is 4.20. The molecule has 0 bridgehead atoms. The number of aliphatic hydroxyl groups excluding tert-OH is 1. The average molecular weight is 418 g/mol. The highest BCUT2D eigenvalue weighted by molar-refractivity contribution is 5.93. The van der Waals surface area contributed by atoms with Crippen LogP contribution in [-0.4, -0.2) is 71.2 Å². The first-order valence-electron chi connectivity index (χ1n) is 9.73. The van der Waals surface area contributed by atoms with Crippen LogP contribution in [0.25, 0.3) is 0 Å². The lowest BCUT2D eigenvalue weighted by molar-refractivity contribution is -0.143. The smallest absolute Gasteiger partial charge is 0.326 e. The minimum atomic E-state index is -1.35. The highest BCUT2D eigenvalue weighted by Gasteiger charge is 2.28. The van der Waals surface area contributed by atoms with Crippen molar-refractivity contribution in [1.29, 1.82) is 0 Å².